The summed E-state index contributed by atoms with van der Waals surface area (Å²) >= 11 is 0. The van der Waals surface area contributed by atoms with E-state index in [0.717, 1.165) is 5.75 Å². The zero-order chi connectivity index (χ0) is 12.1. The first-order valence-electron chi connectivity index (χ1n) is 5.26. The Bertz CT molecular complexity index is 500. The van der Waals surface area contributed by atoms with Crippen LogP contribution in [0.15, 0.2) is 49.1 Å². The summed E-state index contributed by atoms with van der Waals surface area (Å²) in [6.07, 6.45) is 6.84. The van der Waals surface area contributed by atoms with Crippen molar-refractivity contribution in [3.05, 3.63) is 54.6 Å². The quantitative estimate of drug-likeness (QED) is 0.498. The fourth-order valence-electron chi connectivity index (χ4n) is 1.49. The number of benzene rings is 1. The minimum absolute atomic E-state index is 0. The van der Waals surface area contributed by atoms with Crippen molar-refractivity contribution in [3.63, 3.8) is 0 Å². The zero-order valence-electron chi connectivity index (χ0n) is 9.91. The SMILES string of the molecule is COc1ccc(C(=O)C[n+]2ccncc2)cc1.[Br-]. The Labute approximate surface area is 116 Å². The third-order valence-corrected chi connectivity index (χ3v) is 2.43. The number of carbonyl (C=O) groups is 1. The Morgan fingerprint density at radius 2 is 1.83 bits per heavy atom. The second kappa shape index (κ2) is 6.86. The van der Waals surface area contributed by atoms with Gasteiger partial charge in [0, 0.05) is 5.56 Å². The van der Waals surface area contributed by atoms with Gasteiger partial charge in [0.05, 0.1) is 19.5 Å². The van der Waals surface area contributed by atoms with E-state index in [4.69, 9.17) is 4.74 Å². The summed E-state index contributed by atoms with van der Waals surface area (Å²) in [6.45, 7) is 0.314. The first-order valence-corrected chi connectivity index (χ1v) is 5.26. The number of rotatable bonds is 4. The van der Waals surface area contributed by atoms with Crippen LogP contribution >= 0.6 is 0 Å². The van der Waals surface area contributed by atoms with Crippen LogP contribution < -0.4 is 26.3 Å². The normalized spacial score (nSPS) is 9.39. The van der Waals surface area contributed by atoms with Crippen molar-refractivity contribution in [2.24, 2.45) is 0 Å². The second-order valence-corrected chi connectivity index (χ2v) is 3.57. The van der Waals surface area contributed by atoms with Crippen LogP contribution in [0.25, 0.3) is 0 Å². The molecular formula is C13H13BrN2O2. The second-order valence-electron chi connectivity index (χ2n) is 3.57. The number of halogens is 1. The monoisotopic (exact) mass is 308 g/mol. The summed E-state index contributed by atoms with van der Waals surface area (Å²) < 4.78 is 6.83. The summed E-state index contributed by atoms with van der Waals surface area (Å²) in [4.78, 5) is 15.8. The van der Waals surface area contributed by atoms with Crippen molar-refractivity contribution in [1.29, 1.82) is 0 Å². The maximum absolute atomic E-state index is 11.9. The molecule has 0 aliphatic carbocycles. The van der Waals surface area contributed by atoms with E-state index in [0.29, 0.717) is 12.1 Å². The predicted octanol–water partition coefficient (Wildman–Crippen LogP) is -1.74. The topological polar surface area (TPSA) is 43.1 Å². The molecule has 2 rings (SSSR count). The van der Waals surface area contributed by atoms with E-state index in [-0.39, 0.29) is 22.8 Å². The summed E-state index contributed by atoms with van der Waals surface area (Å²) in [6, 6.07) is 7.10. The average molecular weight is 309 g/mol. The standard InChI is InChI=1S/C13H13N2O2.BrH/c1-17-12-4-2-11(3-5-12)13(16)10-15-8-6-14-7-9-15;/h2-9H,10H2,1H3;1H/q+1;/p-1. The van der Waals surface area contributed by atoms with Crippen LogP contribution in [-0.2, 0) is 6.54 Å². The van der Waals surface area contributed by atoms with Crippen LogP contribution in [0.2, 0.25) is 0 Å². The van der Waals surface area contributed by atoms with Gasteiger partial charge >= 0.3 is 0 Å². The number of ketones is 1. The van der Waals surface area contributed by atoms with Crippen LogP contribution in [0, 0.1) is 0 Å². The Kier molecular flexibility index (Phi) is 5.45. The van der Waals surface area contributed by atoms with Gasteiger partial charge < -0.3 is 21.7 Å². The minimum Gasteiger partial charge on any atom is -1.00 e. The van der Waals surface area contributed by atoms with Crippen molar-refractivity contribution in [2.45, 2.75) is 6.54 Å². The lowest BCUT2D eigenvalue weighted by molar-refractivity contribution is -0.683. The molecule has 0 aliphatic rings. The van der Waals surface area contributed by atoms with Crippen molar-refractivity contribution < 1.29 is 31.1 Å². The highest BCUT2D eigenvalue weighted by Gasteiger charge is 2.11. The number of ether oxygens (including phenoxy) is 1. The van der Waals surface area contributed by atoms with Crippen molar-refractivity contribution in [1.82, 2.24) is 4.98 Å². The van der Waals surface area contributed by atoms with Crippen LogP contribution in [0.1, 0.15) is 10.4 Å². The number of hydrogen-bond acceptors (Lipinski definition) is 3. The van der Waals surface area contributed by atoms with Crippen molar-refractivity contribution in [2.75, 3.05) is 7.11 Å². The lowest BCUT2D eigenvalue weighted by Crippen LogP contribution is -3.00. The fourth-order valence-corrected chi connectivity index (χ4v) is 1.49. The molecule has 0 amide bonds. The maximum Gasteiger partial charge on any atom is 0.227 e. The Hall–Kier alpha value is -1.75. The van der Waals surface area contributed by atoms with Gasteiger partial charge in [-0.2, -0.15) is 4.57 Å². The molecule has 0 fully saturated rings. The minimum atomic E-state index is 0. The highest BCUT2D eigenvalue weighted by Crippen LogP contribution is 2.11. The number of nitrogens with zero attached hydrogens (tertiary/aromatic N) is 2. The molecule has 1 aromatic carbocycles. The molecule has 0 radical (unpaired) electrons. The van der Waals surface area contributed by atoms with Gasteiger partial charge in [0.2, 0.25) is 12.3 Å². The number of hydrogen-bond donors (Lipinski definition) is 0. The number of methoxy groups -OCH3 is 1. The molecule has 0 saturated carbocycles. The summed E-state index contributed by atoms with van der Waals surface area (Å²) in [5, 5.41) is 0. The number of aromatic nitrogens is 2. The van der Waals surface area contributed by atoms with E-state index in [1.54, 1.807) is 60.7 Å². The summed E-state index contributed by atoms with van der Waals surface area (Å²) in [5.74, 6) is 0.807. The van der Waals surface area contributed by atoms with Crippen molar-refractivity contribution in [3.8, 4) is 5.75 Å². The van der Waals surface area contributed by atoms with Crippen LogP contribution in [-0.4, -0.2) is 17.9 Å². The Morgan fingerprint density at radius 3 is 2.39 bits per heavy atom. The van der Waals surface area contributed by atoms with Crippen LogP contribution in [0.4, 0.5) is 0 Å². The first-order chi connectivity index (χ1) is 8.29. The molecule has 1 aromatic heterocycles. The van der Waals surface area contributed by atoms with Gasteiger partial charge in [-0.3, -0.25) is 9.78 Å². The summed E-state index contributed by atoms with van der Waals surface area (Å²) in [7, 11) is 1.60. The van der Waals surface area contributed by atoms with Crippen LogP contribution in [0.5, 0.6) is 5.75 Å². The van der Waals surface area contributed by atoms with Gasteiger partial charge in [-0.05, 0) is 24.3 Å². The van der Waals surface area contributed by atoms with Gasteiger partial charge in [-0.15, -0.1) is 0 Å². The Balaban J connectivity index is 0.00000162. The largest absolute Gasteiger partial charge is 1.00 e. The molecule has 4 nitrogen and oxygen atoms in total. The molecule has 1 heterocycles. The third-order valence-electron chi connectivity index (χ3n) is 2.43. The predicted molar refractivity (Wildman–Crippen MR) is 61.8 cm³/mol. The lowest BCUT2D eigenvalue weighted by atomic mass is 10.1. The maximum atomic E-state index is 11.9. The van der Waals surface area contributed by atoms with E-state index in [2.05, 4.69) is 4.98 Å². The van der Waals surface area contributed by atoms with Gasteiger partial charge in [0.15, 0.2) is 12.4 Å². The number of Topliss-reactive ketones (excluding diaryl/α,β-unsaturated/α-hetero) is 1. The van der Waals surface area contributed by atoms with E-state index in [9.17, 15) is 4.79 Å². The fraction of sp³-hybridized carbons (Fsp3) is 0.154. The molecule has 0 atom stereocenters. The molecule has 0 bridgehead atoms. The van der Waals surface area contributed by atoms with Gasteiger partial charge in [-0.25, -0.2) is 0 Å². The Morgan fingerprint density at radius 1 is 1.22 bits per heavy atom. The molecule has 2 aromatic rings. The first kappa shape index (κ1) is 14.3. The molecule has 0 N–H and O–H groups in total. The van der Waals surface area contributed by atoms with Crippen molar-refractivity contribution >= 4 is 5.78 Å². The van der Waals surface area contributed by atoms with Gasteiger partial charge in [0.1, 0.15) is 5.75 Å². The highest BCUT2D eigenvalue weighted by atomic mass is 79.9. The smallest absolute Gasteiger partial charge is 0.227 e. The molecule has 0 aliphatic heterocycles. The van der Waals surface area contributed by atoms with Crippen LogP contribution in [0.3, 0.4) is 0 Å². The lowest BCUT2D eigenvalue weighted by Gasteiger charge is -2.01. The third kappa shape index (κ3) is 3.63. The molecule has 94 valence electrons. The average Bonchev–Trinajstić information content (AvgIpc) is 2.40. The molecule has 0 unspecified atom stereocenters. The van der Waals surface area contributed by atoms with Gasteiger partial charge in [-0.1, -0.05) is 0 Å². The molecule has 0 spiro atoms. The van der Waals surface area contributed by atoms with E-state index >= 15 is 0 Å². The molecule has 0 saturated heterocycles. The highest BCUT2D eigenvalue weighted by molar-refractivity contribution is 5.95. The summed E-state index contributed by atoms with van der Waals surface area (Å²) in [5.41, 5.74) is 0.676. The molecular weight excluding hydrogens is 296 g/mol. The molecule has 18 heavy (non-hydrogen) atoms. The number of carbonyl (C=O) groups excluding carboxylic acids is 1. The molecule has 5 heteroatoms. The van der Waals surface area contributed by atoms with E-state index in [1.807, 2.05) is 0 Å². The van der Waals surface area contributed by atoms with E-state index < -0.39 is 0 Å². The van der Waals surface area contributed by atoms with Gasteiger partial charge in [0.25, 0.3) is 0 Å². The zero-order valence-corrected chi connectivity index (χ0v) is 11.5. The van der Waals surface area contributed by atoms with E-state index in [1.165, 1.54) is 0 Å².